The van der Waals surface area contributed by atoms with Gasteiger partial charge in [-0.2, -0.15) is 0 Å². The first-order chi connectivity index (χ1) is 4.93. The maximum Gasteiger partial charge on any atom is -0.00235 e. The third kappa shape index (κ3) is 2.78. The van der Waals surface area contributed by atoms with E-state index < -0.39 is 0 Å². The molecular formula is C9H16S. The molecule has 0 heterocycles. The summed E-state index contributed by atoms with van der Waals surface area (Å²) in [4.78, 5) is 1.65. The molecule has 0 unspecified atom stereocenters. The van der Waals surface area contributed by atoms with Gasteiger partial charge in [-0.05, 0) is 36.3 Å². The summed E-state index contributed by atoms with van der Waals surface area (Å²) in [5, 5.41) is 0. The topological polar surface area (TPSA) is 0 Å². The van der Waals surface area contributed by atoms with Gasteiger partial charge in [-0.25, -0.2) is 0 Å². The van der Waals surface area contributed by atoms with Gasteiger partial charge < -0.3 is 0 Å². The third-order valence-corrected chi connectivity index (χ3v) is 3.02. The molecule has 1 aliphatic rings. The molecule has 1 rings (SSSR count). The molecule has 0 amide bonds. The van der Waals surface area contributed by atoms with Crippen LogP contribution in [0.25, 0.3) is 0 Å². The molecular weight excluding hydrogens is 140 g/mol. The van der Waals surface area contributed by atoms with Crippen LogP contribution in [0, 0.1) is 0 Å². The second-order valence-electron chi connectivity index (χ2n) is 2.76. The number of thioether (sulfide) groups is 1. The van der Waals surface area contributed by atoms with Gasteiger partial charge in [0.25, 0.3) is 0 Å². The molecule has 0 atom stereocenters. The Bertz CT molecular complexity index is 116. The summed E-state index contributed by atoms with van der Waals surface area (Å²) in [6.45, 7) is 2.25. The molecule has 0 N–H and O–H groups in total. The molecule has 0 spiro atoms. The van der Waals surface area contributed by atoms with E-state index in [0.717, 1.165) is 0 Å². The minimum atomic E-state index is 1.33. The number of rotatable bonds is 4. The van der Waals surface area contributed by atoms with Crippen molar-refractivity contribution >= 4 is 11.8 Å². The molecule has 0 radical (unpaired) electrons. The van der Waals surface area contributed by atoms with E-state index in [2.05, 4.69) is 24.8 Å². The lowest BCUT2D eigenvalue weighted by molar-refractivity contribution is 0.895. The van der Waals surface area contributed by atoms with E-state index >= 15 is 0 Å². The summed E-state index contributed by atoms with van der Waals surface area (Å²) >= 11 is 2.07. The maximum atomic E-state index is 2.40. The lowest BCUT2D eigenvalue weighted by Crippen LogP contribution is -1.77. The average molecular weight is 156 g/mol. The molecule has 1 heteroatoms. The Morgan fingerprint density at radius 2 is 2.50 bits per heavy atom. The van der Waals surface area contributed by atoms with Crippen LogP contribution in [0.15, 0.2) is 11.0 Å². The van der Waals surface area contributed by atoms with Crippen LogP contribution in [0.2, 0.25) is 0 Å². The van der Waals surface area contributed by atoms with E-state index in [4.69, 9.17) is 0 Å². The first-order valence-electron chi connectivity index (χ1n) is 4.25. The Labute approximate surface area is 68.1 Å². The van der Waals surface area contributed by atoms with E-state index in [1.54, 1.807) is 4.91 Å². The lowest BCUT2D eigenvalue weighted by atomic mass is 10.4. The zero-order valence-corrected chi connectivity index (χ0v) is 7.54. The molecule has 0 nitrogen and oxygen atoms in total. The van der Waals surface area contributed by atoms with Gasteiger partial charge in [0.15, 0.2) is 0 Å². The summed E-state index contributed by atoms with van der Waals surface area (Å²) < 4.78 is 0. The van der Waals surface area contributed by atoms with E-state index in [1.807, 2.05) is 0 Å². The second kappa shape index (κ2) is 4.84. The smallest absolute Gasteiger partial charge is 0.00235 e. The van der Waals surface area contributed by atoms with Gasteiger partial charge in [-0.3, -0.25) is 0 Å². The number of hydrogen-bond acceptors (Lipinski definition) is 1. The van der Waals surface area contributed by atoms with E-state index in [1.165, 1.54) is 37.9 Å². The largest absolute Gasteiger partial charge is 0.131 e. The monoisotopic (exact) mass is 156 g/mol. The van der Waals surface area contributed by atoms with Crippen LogP contribution in [0.5, 0.6) is 0 Å². The molecule has 0 aromatic heterocycles. The van der Waals surface area contributed by atoms with Crippen LogP contribution in [-0.2, 0) is 0 Å². The Kier molecular flexibility index (Phi) is 3.96. The summed E-state index contributed by atoms with van der Waals surface area (Å²) in [7, 11) is 0. The minimum absolute atomic E-state index is 1.33. The summed E-state index contributed by atoms with van der Waals surface area (Å²) in [5.74, 6) is 1.34. The Hall–Kier alpha value is 0.0900. The molecule has 0 fully saturated rings. The number of hydrogen-bond donors (Lipinski definition) is 0. The van der Waals surface area contributed by atoms with Gasteiger partial charge >= 0.3 is 0 Å². The molecule has 0 saturated heterocycles. The quantitative estimate of drug-likeness (QED) is 0.560. The summed E-state index contributed by atoms with van der Waals surface area (Å²) in [6.07, 6.45) is 9.19. The number of unbranched alkanes of at least 4 members (excludes halogenated alkanes) is 1. The zero-order valence-electron chi connectivity index (χ0n) is 6.73. The van der Waals surface area contributed by atoms with Crippen molar-refractivity contribution in [2.75, 3.05) is 5.75 Å². The molecule has 1 aliphatic carbocycles. The Morgan fingerprint density at radius 1 is 1.60 bits per heavy atom. The fraction of sp³-hybridized carbons (Fsp3) is 0.778. The fourth-order valence-corrected chi connectivity index (χ4v) is 2.34. The average Bonchev–Trinajstić information content (AvgIpc) is 2.41. The highest BCUT2D eigenvalue weighted by atomic mass is 32.2. The van der Waals surface area contributed by atoms with Crippen LogP contribution in [0.3, 0.4) is 0 Å². The van der Waals surface area contributed by atoms with Crippen LogP contribution in [0.1, 0.15) is 39.0 Å². The van der Waals surface area contributed by atoms with E-state index in [9.17, 15) is 0 Å². The molecule has 0 aromatic rings. The van der Waals surface area contributed by atoms with Gasteiger partial charge in [0.05, 0.1) is 0 Å². The van der Waals surface area contributed by atoms with Crippen molar-refractivity contribution in [1.82, 2.24) is 0 Å². The molecule has 10 heavy (non-hydrogen) atoms. The highest BCUT2D eigenvalue weighted by Crippen LogP contribution is 2.28. The van der Waals surface area contributed by atoms with Gasteiger partial charge in [-0.15, -0.1) is 11.8 Å². The van der Waals surface area contributed by atoms with Crippen LogP contribution in [-0.4, -0.2) is 5.75 Å². The third-order valence-electron chi connectivity index (χ3n) is 1.78. The predicted octanol–water partition coefficient (Wildman–Crippen LogP) is 3.59. The second-order valence-corrected chi connectivity index (χ2v) is 3.99. The Balaban J connectivity index is 2.01. The standard InChI is InChI=1S/C9H16S/c1-2-3-8-10-9-6-4-5-7-9/h6H,2-5,7-8H2,1H3. The van der Waals surface area contributed by atoms with Crippen LogP contribution in [0.4, 0.5) is 0 Å². The van der Waals surface area contributed by atoms with Gasteiger partial charge in [0.2, 0.25) is 0 Å². The van der Waals surface area contributed by atoms with Crippen molar-refractivity contribution in [2.24, 2.45) is 0 Å². The first-order valence-corrected chi connectivity index (χ1v) is 5.24. The van der Waals surface area contributed by atoms with Gasteiger partial charge in [-0.1, -0.05) is 19.4 Å². The van der Waals surface area contributed by atoms with Gasteiger partial charge in [0, 0.05) is 0 Å². The molecule has 0 bridgehead atoms. The maximum absolute atomic E-state index is 2.40. The molecule has 0 aromatic carbocycles. The summed E-state index contributed by atoms with van der Waals surface area (Å²) in [6, 6.07) is 0. The Morgan fingerprint density at radius 3 is 3.10 bits per heavy atom. The van der Waals surface area contributed by atoms with Crippen molar-refractivity contribution in [1.29, 1.82) is 0 Å². The van der Waals surface area contributed by atoms with E-state index in [-0.39, 0.29) is 0 Å². The van der Waals surface area contributed by atoms with Gasteiger partial charge in [0.1, 0.15) is 0 Å². The normalized spacial score (nSPS) is 17.5. The fourth-order valence-electron chi connectivity index (χ4n) is 1.12. The molecule has 0 aliphatic heterocycles. The number of allylic oxidation sites excluding steroid dienone is 2. The van der Waals surface area contributed by atoms with Crippen molar-refractivity contribution in [3.8, 4) is 0 Å². The predicted molar refractivity (Wildman–Crippen MR) is 49.3 cm³/mol. The molecule has 0 saturated carbocycles. The van der Waals surface area contributed by atoms with Crippen LogP contribution < -0.4 is 0 Å². The lowest BCUT2D eigenvalue weighted by Gasteiger charge is -1.98. The van der Waals surface area contributed by atoms with Crippen molar-refractivity contribution in [2.45, 2.75) is 39.0 Å². The van der Waals surface area contributed by atoms with Crippen LogP contribution >= 0.6 is 11.8 Å². The minimum Gasteiger partial charge on any atom is -0.131 e. The van der Waals surface area contributed by atoms with Crippen molar-refractivity contribution in [3.05, 3.63) is 11.0 Å². The van der Waals surface area contributed by atoms with E-state index in [0.29, 0.717) is 0 Å². The highest BCUT2D eigenvalue weighted by Gasteiger charge is 2.03. The molecule has 58 valence electrons. The SMILES string of the molecule is CCCCSC1=CCCC1. The summed E-state index contributed by atoms with van der Waals surface area (Å²) in [5.41, 5.74) is 0. The van der Waals surface area contributed by atoms with Crippen molar-refractivity contribution in [3.63, 3.8) is 0 Å². The highest BCUT2D eigenvalue weighted by molar-refractivity contribution is 8.03. The first kappa shape index (κ1) is 8.19. The van der Waals surface area contributed by atoms with Crippen molar-refractivity contribution < 1.29 is 0 Å². The zero-order chi connectivity index (χ0) is 7.23.